The molecule has 1 aliphatic heterocycles. The zero-order chi connectivity index (χ0) is 12.9. The molecule has 2 saturated carbocycles. The van der Waals surface area contributed by atoms with Crippen LogP contribution in [0.4, 0.5) is 5.13 Å². The largest absolute Gasteiger partial charge is 0.317 e. The number of aromatic nitrogens is 1. The van der Waals surface area contributed by atoms with Crippen LogP contribution in [-0.4, -0.2) is 24.0 Å². The van der Waals surface area contributed by atoms with E-state index in [0.29, 0.717) is 11.3 Å². The van der Waals surface area contributed by atoms with Crippen molar-refractivity contribution in [2.45, 2.75) is 38.0 Å². The Kier molecular flexibility index (Phi) is 2.67. The van der Waals surface area contributed by atoms with Gasteiger partial charge in [0.25, 0.3) is 0 Å². The molecule has 3 aliphatic rings. The summed E-state index contributed by atoms with van der Waals surface area (Å²) < 4.78 is 0. The highest BCUT2D eigenvalue weighted by molar-refractivity contribution is 7.13. The lowest BCUT2D eigenvalue weighted by molar-refractivity contribution is -0.118. The Labute approximate surface area is 117 Å². The maximum Gasteiger partial charge on any atom is 0.229 e. The fourth-order valence-electron chi connectivity index (χ4n) is 3.30. The van der Waals surface area contributed by atoms with Gasteiger partial charge in [-0.25, -0.2) is 4.98 Å². The van der Waals surface area contributed by atoms with Crippen LogP contribution in [0, 0.1) is 11.3 Å². The van der Waals surface area contributed by atoms with Crippen LogP contribution in [0.15, 0.2) is 5.38 Å². The van der Waals surface area contributed by atoms with Crippen LogP contribution >= 0.6 is 11.3 Å². The van der Waals surface area contributed by atoms with Crippen molar-refractivity contribution in [1.82, 2.24) is 10.3 Å². The minimum absolute atomic E-state index is 0.193. The second-order valence-electron chi connectivity index (χ2n) is 6.21. The van der Waals surface area contributed by atoms with Crippen molar-refractivity contribution in [2.24, 2.45) is 11.3 Å². The van der Waals surface area contributed by atoms with Crippen LogP contribution in [0.3, 0.4) is 0 Å². The van der Waals surface area contributed by atoms with Gasteiger partial charge in [0.05, 0.1) is 5.69 Å². The summed E-state index contributed by atoms with van der Waals surface area (Å²) in [5.74, 6) is 1.08. The highest BCUT2D eigenvalue weighted by Gasteiger charge is 2.57. The molecule has 4 nitrogen and oxygen atoms in total. The summed E-state index contributed by atoms with van der Waals surface area (Å²) in [5, 5.41) is 9.29. The number of anilines is 1. The van der Waals surface area contributed by atoms with Gasteiger partial charge >= 0.3 is 0 Å². The highest BCUT2D eigenvalue weighted by Crippen LogP contribution is 2.58. The topological polar surface area (TPSA) is 54.0 Å². The maximum atomic E-state index is 12.3. The second-order valence-corrected chi connectivity index (χ2v) is 7.07. The van der Waals surface area contributed by atoms with E-state index >= 15 is 0 Å². The SMILES string of the molecule is O=C(Nc1nc(C2CC2)cs1)C1CC12CCNCC2. The van der Waals surface area contributed by atoms with Crippen molar-refractivity contribution in [3.8, 4) is 0 Å². The molecular weight excluding hydrogens is 258 g/mol. The van der Waals surface area contributed by atoms with Gasteiger partial charge in [-0.2, -0.15) is 0 Å². The normalized spacial score (nSPS) is 28.3. The zero-order valence-corrected chi connectivity index (χ0v) is 11.8. The Balaban J connectivity index is 1.38. The van der Waals surface area contributed by atoms with E-state index in [1.165, 1.54) is 18.5 Å². The summed E-state index contributed by atoms with van der Waals surface area (Å²) in [4.78, 5) is 16.8. The molecular formula is C14H19N3OS. The van der Waals surface area contributed by atoms with Gasteiger partial charge in [0, 0.05) is 17.2 Å². The molecule has 3 fully saturated rings. The molecule has 5 heteroatoms. The van der Waals surface area contributed by atoms with E-state index in [1.54, 1.807) is 11.3 Å². The van der Waals surface area contributed by atoms with Crippen LogP contribution < -0.4 is 10.6 Å². The Hall–Kier alpha value is -0.940. The minimum atomic E-state index is 0.193. The van der Waals surface area contributed by atoms with Crippen molar-refractivity contribution >= 4 is 22.4 Å². The standard InChI is InChI=1S/C14H19N3OS/c18-12(10-7-14(10)3-5-15-6-4-14)17-13-16-11(8-19-13)9-1-2-9/h8-10,15H,1-7H2,(H,16,17,18). The number of carbonyl (C=O) groups is 1. The van der Waals surface area contributed by atoms with E-state index in [1.807, 2.05) is 0 Å². The van der Waals surface area contributed by atoms with Crippen molar-refractivity contribution in [2.75, 3.05) is 18.4 Å². The molecule has 1 amide bonds. The number of piperidine rings is 1. The molecule has 1 saturated heterocycles. The van der Waals surface area contributed by atoms with Crippen LogP contribution in [0.25, 0.3) is 0 Å². The van der Waals surface area contributed by atoms with Crippen molar-refractivity contribution in [1.29, 1.82) is 0 Å². The van der Waals surface area contributed by atoms with Crippen molar-refractivity contribution in [3.63, 3.8) is 0 Å². The molecule has 0 bridgehead atoms. The average molecular weight is 277 g/mol. The number of nitrogens with zero attached hydrogens (tertiary/aromatic N) is 1. The summed E-state index contributed by atoms with van der Waals surface area (Å²) >= 11 is 1.57. The number of amides is 1. The van der Waals surface area contributed by atoms with Gasteiger partial charge in [0.15, 0.2) is 5.13 Å². The summed E-state index contributed by atoms with van der Waals surface area (Å²) in [5.41, 5.74) is 1.49. The smallest absolute Gasteiger partial charge is 0.229 e. The molecule has 2 N–H and O–H groups in total. The number of hydrogen-bond donors (Lipinski definition) is 2. The predicted octanol–water partition coefficient (Wildman–Crippen LogP) is 2.35. The van der Waals surface area contributed by atoms with Gasteiger partial charge in [0.2, 0.25) is 5.91 Å². The lowest BCUT2D eigenvalue weighted by atomic mass is 9.92. The average Bonchev–Trinajstić information content (AvgIpc) is 3.33. The summed E-state index contributed by atoms with van der Waals surface area (Å²) in [6.07, 6.45) is 5.89. The molecule has 1 aromatic heterocycles. The van der Waals surface area contributed by atoms with E-state index in [9.17, 15) is 4.79 Å². The molecule has 0 radical (unpaired) electrons. The second kappa shape index (κ2) is 4.28. The van der Waals surface area contributed by atoms with Gasteiger partial charge in [-0.3, -0.25) is 4.79 Å². The number of thiazole rings is 1. The Bertz CT molecular complexity index is 503. The van der Waals surface area contributed by atoms with Gasteiger partial charge in [-0.15, -0.1) is 11.3 Å². The van der Waals surface area contributed by atoms with Gasteiger partial charge < -0.3 is 10.6 Å². The minimum Gasteiger partial charge on any atom is -0.317 e. The van der Waals surface area contributed by atoms with Crippen molar-refractivity contribution < 1.29 is 4.79 Å². The molecule has 4 rings (SSSR count). The van der Waals surface area contributed by atoms with Crippen LogP contribution in [0.5, 0.6) is 0 Å². The molecule has 1 aromatic rings. The lowest BCUT2D eigenvalue weighted by Gasteiger charge is -2.22. The zero-order valence-electron chi connectivity index (χ0n) is 10.9. The van der Waals surface area contributed by atoms with Gasteiger partial charge in [-0.1, -0.05) is 0 Å². The van der Waals surface area contributed by atoms with Crippen LogP contribution in [-0.2, 0) is 4.79 Å². The summed E-state index contributed by atoms with van der Waals surface area (Å²) in [6, 6.07) is 0. The van der Waals surface area contributed by atoms with Crippen LogP contribution in [0.1, 0.15) is 43.7 Å². The summed E-state index contributed by atoms with van der Waals surface area (Å²) in [6.45, 7) is 2.12. The molecule has 0 aromatic carbocycles. The fraction of sp³-hybridized carbons (Fsp3) is 0.714. The molecule has 1 spiro atoms. The number of hydrogen-bond acceptors (Lipinski definition) is 4. The number of nitrogens with one attached hydrogen (secondary N) is 2. The molecule has 102 valence electrons. The molecule has 2 heterocycles. The molecule has 1 unspecified atom stereocenters. The monoisotopic (exact) mass is 277 g/mol. The first-order valence-electron chi connectivity index (χ1n) is 7.24. The van der Waals surface area contributed by atoms with Gasteiger partial charge in [0.1, 0.15) is 0 Å². The highest BCUT2D eigenvalue weighted by atomic mass is 32.1. The fourth-order valence-corrected chi connectivity index (χ4v) is 4.09. The Morgan fingerprint density at radius 3 is 2.95 bits per heavy atom. The van der Waals surface area contributed by atoms with E-state index in [4.69, 9.17) is 0 Å². The third-order valence-electron chi connectivity index (χ3n) is 4.85. The number of rotatable bonds is 3. The maximum absolute atomic E-state index is 12.3. The van der Waals surface area contributed by atoms with Crippen LogP contribution in [0.2, 0.25) is 0 Å². The lowest BCUT2D eigenvalue weighted by Crippen LogP contribution is -2.31. The first kappa shape index (κ1) is 11.9. The van der Waals surface area contributed by atoms with Gasteiger partial charge in [-0.05, 0) is 50.6 Å². The molecule has 19 heavy (non-hydrogen) atoms. The first-order valence-corrected chi connectivity index (χ1v) is 8.12. The number of carbonyl (C=O) groups excluding carboxylic acids is 1. The van der Waals surface area contributed by atoms with E-state index < -0.39 is 0 Å². The quantitative estimate of drug-likeness (QED) is 0.891. The van der Waals surface area contributed by atoms with E-state index in [2.05, 4.69) is 21.0 Å². The van der Waals surface area contributed by atoms with E-state index in [0.717, 1.165) is 37.5 Å². The predicted molar refractivity (Wildman–Crippen MR) is 75.4 cm³/mol. The first-order chi connectivity index (χ1) is 9.27. The molecule has 2 aliphatic carbocycles. The Morgan fingerprint density at radius 1 is 1.42 bits per heavy atom. The summed E-state index contributed by atoms with van der Waals surface area (Å²) in [7, 11) is 0. The Morgan fingerprint density at radius 2 is 2.21 bits per heavy atom. The third kappa shape index (κ3) is 2.19. The van der Waals surface area contributed by atoms with Crippen molar-refractivity contribution in [3.05, 3.63) is 11.1 Å². The third-order valence-corrected chi connectivity index (χ3v) is 5.63. The van der Waals surface area contributed by atoms with E-state index in [-0.39, 0.29) is 11.8 Å². The molecule has 1 atom stereocenters.